The molecular weight excluding hydrogens is 248 g/mol. The van der Waals surface area contributed by atoms with E-state index in [0.717, 1.165) is 17.5 Å². The second-order valence-electron chi connectivity index (χ2n) is 5.58. The number of rotatable bonds is 7. The largest absolute Gasteiger partial charge is 0.326 e. The summed E-state index contributed by atoms with van der Waals surface area (Å²) in [6.07, 6.45) is 6.26. The molecule has 1 atom stereocenters. The SMILES string of the molecule is CCCCCC(CC)c1cc2[nH]nnc2c(C)c1CN. The molecule has 2 rings (SSSR count). The first-order valence-corrected chi connectivity index (χ1v) is 7.76. The lowest BCUT2D eigenvalue weighted by atomic mass is 9.85. The molecule has 20 heavy (non-hydrogen) atoms. The molecule has 4 heteroatoms. The van der Waals surface area contributed by atoms with Crippen molar-refractivity contribution in [2.45, 2.75) is 65.3 Å². The Morgan fingerprint density at radius 2 is 2.10 bits per heavy atom. The lowest BCUT2D eigenvalue weighted by Gasteiger charge is -2.20. The average Bonchev–Trinajstić information content (AvgIpc) is 2.92. The van der Waals surface area contributed by atoms with Crippen molar-refractivity contribution in [2.24, 2.45) is 5.73 Å². The van der Waals surface area contributed by atoms with E-state index >= 15 is 0 Å². The van der Waals surface area contributed by atoms with Crippen LogP contribution in [0, 0.1) is 6.92 Å². The molecule has 0 aliphatic rings. The van der Waals surface area contributed by atoms with Crippen molar-refractivity contribution in [3.05, 3.63) is 22.8 Å². The van der Waals surface area contributed by atoms with E-state index in [2.05, 4.69) is 42.2 Å². The lowest BCUT2D eigenvalue weighted by Crippen LogP contribution is -2.09. The van der Waals surface area contributed by atoms with Crippen LogP contribution in [0.15, 0.2) is 6.07 Å². The predicted molar refractivity (Wildman–Crippen MR) is 83.7 cm³/mol. The van der Waals surface area contributed by atoms with Gasteiger partial charge in [0.1, 0.15) is 5.52 Å². The molecule has 0 aliphatic carbocycles. The van der Waals surface area contributed by atoms with Crippen molar-refractivity contribution in [2.75, 3.05) is 0 Å². The fourth-order valence-electron chi connectivity index (χ4n) is 3.07. The fraction of sp³-hybridized carbons (Fsp3) is 0.625. The van der Waals surface area contributed by atoms with Gasteiger partial charge in [-0.15, -0.1) is 5.10 Å². The Morgan fingerprint density at radius 1 is 1.30 bits per heavy atom. The van der Waals surface area contributed by atoms with Crippen LogP contribution in [0.2, 0.25) is 0 Å². The van der Waals surface area contributed by atoms with E-state index in [0.29, 0.717) is 12.5 Å². The van der Waals surface area contributed by atoms with Gasteiger partial charge in [0.2, 0.25) is 0 Å². The van der Waals surface area contributed by atoms with E-state index < -0.39 is 0 Å². The van der Waals surface area contributed by atoms with E-state index in [9.17, 15) is 0 Å². The summed E-state index contributed by atoms with van der Waals surface area (Å²) in [5.74, 6) is 0.589. The van der Waals surface area contributed by atoms with Crippen molar-refractivity contribution in [1.29, 1.82) is 0 Å². The number of unbranched alkanes of at least 4 members (excludes halogenated alkanes) is 2. The Labute approximate surface area is 121 Å². The first-order valence-electron chi connectivity index (χ1n) is 7.76. The van der Waals surface area contributed by atoms with Crippen LogP contribution in [0.4, 0.5) is 0 Å². The zero-order valence-electron chi connectivity index (χ0n) is 12.9. The van der Waals surface area contributed by atoms with Crippen LogP contribution in [-0.4, -0.2) is 15.4 Å². The first kappa shape index (κ1) is 15.0. The Hall–Kier alpha value is -1.42. The van der Waals surface area contributed by atoms with E-state index in [1.807, 2.05) is 0 Å². The number of aromatic amines is 1. The highest BCUT2D eigenvalue weighted by molar-refractivity contribution is 5.80. The van der Waals surface area contributed by atoms with Crippen molar-refractivity contribution >= 4 is 11.0 Å². The van der Waals surface area contributed by atoms with Gasteiger partial charge in [-0.25, -0.2) is 0 Å². The van der Waals surface area contributed by atoms with Crippen molar-refractivity contribution in [1.82, 2.24) is 15.4 Å². The van der Waals surface area contributed by atoms with Gasteiger partial charge in [-0.3, -0.25) is 5.10 Å². The van der Waals surface area contributed by atoms with Crippen molar-refractivity contribution in [3.63, 3.8) is 0 Å². The Morgan fingerprint density at radius 3 is 2.75 bits per heavy atom. The molecule has 0 bridgehead atoms. The van der Waals surface area contributed by atoms with E-state index in [4.69, 9.17) is 5.73 Å². The van der Waals surface area contributed by atoms with Crippen LogP contribution in [0.5, 0.6) is 0 Å². The molecule has 1 heterocycles. The maximum Gasteiger partial charge on any atom is 0.116 e. The molecule has 0 fully saturated rings. The summed E-state index contributed by atoms with van der Waals surface area (Å²) >= 11 is 0. The maximum atomic E-state index is 6.00. The number of aryl methyl sites for hydroxylation is 1. The van der Waals surface area contributed by atoms with Gasteiger partial charge >= 0.3 is 0 Å². The van der Waals surface area contributed by atoms with E-state index in [-0.39, 0.29) is 0 Å². The molecule has 0 aliphatic heterocycles. The summed E-state index contributed by atoms with van der Waals surface area (Å²) < 4.78 is 0. The highest BCUT2D eigenvalue weighted by Gasteiger charge is 2.18. The maximum absolute atomic E-state index is 6.00. The van der Waals surface area contributed by atoms with Gasteiger partial charge in [0.25, 0.3) is 0 Å². The summed E-state index contributed by atoms with van der Waals surface area (Å²) in [7, 11) is 0. The van der Waals surface area contributed by atoms with Gasteiger partial charge in [0.05, 0.1) is 5.52 Å². The van der Waals surface area contributed by atoms with E-state index in [1.165, 1.54) is 42.4 Å². The third kappa shape index (κ3) is 2.85. The molecule has 110 valence electrons. The summed E-state index contributed by atoms with van der Waals surface area (Å²) in [5.41, 5.74) is 11.8. The summed E-state index contributed by atoms with van der Waals surface area (Å²) in [6, 6.07) is 2.21. The van der Waals surface area contributed by atoms with E-state index in [1.54, 1.807) is 0 Å². The number of hydrogen-bond acceptors (Lipinski definition) is 3. The van der Waals surface area contributed by atoms with Gasteiger partial charge in [-0.1, -0.05) is 38.3 Å². The molecule has 0 amide bonds. The molecule has 0 saturated carbocycles. The molecule has 0 radical (unpaired) electrons. The fourth-order valence-corrected chi connectivity index (χ4v) is 3.07. The van der Waals surface area contributed by atoms with Gasteiger partial charge in [0, 0.05) is 6.54 Å². The molecule has 0 spiro atoms. The van der Waals surface area contributed by atoms with Gasteiger partial charge < -0.3 is 5.73 Å². The molecule has 1 aromatic carbocycles. The normalized spacial score (nSPS) is 13.0. The quantitative estimate of drug-likeness (QED) is 0.755. The third-order valence-corrected chi connectivity index (χ3v) is 4.32. The van der Waals surface area contributed by atoms with Crippen LogP contribution in [0.25, 0.3) is 11.0 Å². The molecule has 1 unspecified atom stereocenters. The second kappa shape index (κ2) is 6.84. The number of nitrogens with two attached hydrogens (primary N) is 1. The second-order valence-corrected chi connectivity index (χ2v) is 5.58. The summed E-state index contributed by atoms with van der Waals surface area (Å²) in [5, 5.41) is 11.1. The molecular formula is C16H26N4. The highest BCUT2D eigenvalue weighted by atomic mass is 15.3. The number of H-pyrrole nitrogens is 1. The molecule has 2 aromatic rings. The van der Waals surface area contributed by atoms with Crippen LogP contribution >= 0.6 is 0 Å². The summed E-state index contributed by atoms with van der Waals surface area (Å²) in [6.45, 7) is 7.20. The number of fused-ring (bicyclic) bond motifs is 1. The van der Waals surface area contributed by atoms with Crippen molar-refractivity contribution < 1.29 is 0 Å². The number of benzene rings is 1. The topological polar surface area (TPSA) is 67.6 Å². The first-order chi connectivity index (χ1) is 9.72. The Bertz CT molecular complexity index is 559. The van der Waals surface area contributed by atoms with Crippen LogP contribution in [0.3, 0.4) is 0 Å². The van der Waals surface area contributed by atoms with Crippen molar-refractivity contribution in [3.8, 4) is 0 Å². The standard InChI is InChI=1S/C16H26N4/c1-4-6-7-8-12(5-2)13-9-15-16(19-20-18-15)11(3)14(13)10-17/h9,12H,4-8,10,17H2,1-3H3,(H,18,19,20). The highest BCUT2D eigenvalue weighted by Crippen LogP contribution is 2.33. The third-order valence-electron chi connectivity index (χ3n) is 4.32. The molecule has 3 N–H and O–H groups in total. The Balaban J connectivity index is 2.39. The van der Waals surface area contributed by atoms with Gasteiger partial charge in [-0.2, -0.15) is 0 Å². The molecule has 4 nitrogen and oxygen atoms in total. The zero-order chi connectivity index (χ0) is 14.5. The zero-order valence-corrected chi connectivity index (χ0v) is 12.9. The number of hydrogen-bond donors (Lipinski definition) is 2. The van der Waals surface area contributed by atoms with Gasteiger partial charge in [-0.05, 0) is 48.4 Å². The minimum absolute atomic E-state index is 0.578. The smallest absolute Gasteiger partial charge is 0.116 e. The average molecular weight is 274 g/mol. The van der Waals surface area contributed by atoms with Crippen LogP contribution in [0.1, 0.15) is 68.6 Å². The van der Waals surface area contributed by atoms with Crippen LogP contribution < -0.4 is 5.73 Å². The molecule has 0 saturated heterocycles. The minimum atomic E-state index is 0.578. The number of nitrogens with one attached hydrogen (secondary N) is 1. The monoisotopic (exact) mass is 274 g/mol. The minimum Gasteiger partial charge on any atom is -0.326 e. The molecule has 1 aromatic heterocycles. The number of aromatic nitrogens is 3. The van der Waals surface area contributed by atoms with Gasteiger partial charge in [0.15, 0.2) is 0 Å². The Kier molecular flexibility index (Phi) is 5.12. The number of nitrogens with zero attached hydrogens (tertiary/aromatic N) is 2. The summed E-state index contributed by atoms with van der Waals surface area (Å²) in [4.78, 5) is 0. The van der Waals surface area contributed by atoms with Crippen LogP contribution in [-0.2, 0) is 6.54 Å². The predicted octanol–water partition coefficient (Wildman–Crippen LogP) is 3.80. The lowest BCUT2D eigenvalue weighted by molar-refractivity contribution is 0.550.